The van der Waals surface area contributed by atoms with Crippen molar-refractivity contribution in [3.8, 4) is 0 Å². The highest BCUT2D eigenvalue weighted by Crippen LogP contribution is 2.29. The highest BCUT2D eigenvalue weighted by atomic mass is 79.9. The quantitative estimate of drug-likeness (QED) is 0.805. The van der Waals surface area contributed by atoms with Crippen LogP contribution in [0.25, 0.3) is 0 Å². The molecule has 6 heteroatoms. The van der Waals surface area contributed by atoms with Gasteiger partial charge in [0.2, 0.25) is 0 Å². The van der Waals surface area contributed by atoms with Gasteiger partial charge in [-0.15, -0.1) is 0 Å². The second kappa shape index (κ2) is 5.50. The lowest BCUT2D eigenvalue weighted by atomic mass is 10.0. The molecule has 0 fully saturated rings. The van der Waals surface area contributed by atoms with E-state index in [9.17, 15) is 8.78 Å². The number of benzene rings is 1. The molecule has 18 heavy (non-hydrogen) atoms. The van der Waals surface area contributed by atoms with Crippen molar-refractivity contribution in [3.63, 3.8) is 0 Å². The van der Waals surface area contributed by atoms with Gasteiger partial charge >= 0.3 is 0 Å². The number of furan rings is 1. The first-order chi connectivity index (χ1) is 8.50. The van der Waals surface area contributed by atoms with Gasteiger partial charge in [-0.25, -0.2) is 8.78 Å². The lowest BCUT2D eigenvalue weighted by molar-refractivity contribution is 0.519. The maximum atomic E-state index is 13.8. The molecule has 0 radical (unpaired) electrons. The summed E-state index contributed by atoms with van der Waals surface area (Å²) in [5.74, 6) is -1.23. The maximum absolute atomic E-state index is 13.8. The number of nitrogens with two attached hydrogens (primary N) is 1. The van der Waals surface area contributed by atoms with E-state index in [4.69, 9.17) is 10.2 Å². The first kappa shape index (κ1) is 13.7. The van der Waals surface area contributed by atoms with Crippen LogP contribution in [0.2, 0.25) is 0 Å². The Labute approximate surface area is 119 Å². The zero-order chi connectivity index (χ0) is 13.3. The molecule has 1 heterocycles. The van der Waals surface area contributed by atoms with E-state index in [1.54, 1.807) is 6.07 Å². The highest BCUT2D eigenvalue weighted by molar-refractivity contribution is 9.10. The highest BCUT2D eigenvalue weighted by Gasteiger charge is 2.19. The molecule has 0 aliphatic heterocycles. The predicted octanol–water partition coefficient (Wildman–Crippen LogP) is 4.33. The van der Waals surface area contributed by atoms with Gasteiger partial charge in [0.25, 0.3) is 0 Å². The summed E-state index contributed by atoms with van der Waals surface area (Å²) in [6.07, 6.45) is 1.52. The molecule has 2 rings (SSSR count). The van der Waals surface area contributed by atoms with Crippen molar-refractivity contribution >= 4 is 31.9 Å². The van der Waals surface area contributed by atoms with Crippen LogP contribution >= 0.6 is 31.9 Å². The molecule has 0 bridgehead atoms. The van der Waals surface area contributed by atoms with E-state index in [1.165, 1.54) is 18.4 Å². The minimum Gasteiger partial charge on any atom is -0.457 e. The van der Waals surface area contributed by atoms with Crippen molar-refractivity contribution in [1.82, 2.24) is 0 Å². The van der Waals surface area contributed by atoms with Crippen LogP contribution in [0.5, 0.6) is 0 Å². The summed E-state index contributed by atoms with van der Waals surface area (Å²) in [5, 5.41) is 0. The zero-order valence-electron chi connectivity index (χ0n) is 9.09. The number of rotatable bonds is 3. The van der Waals surface area contributed by atoms with E-state index < -0.39 is 17.7 Å². The molecule has 2 aromatic rings. The topological polar surface area (TPSA) is 39.2 Å². The Morgan fingerprint density at radius 2 is 1.94 bits per heavy atom. The smallest absolute Gasteiger partial charge is 0.173 e. The van der Waals surface area contributed by atoms with Gasteiger partial charge in [0.15, 0.2) is 4.67 Å². The maximum Gasteiger partial charge on any atom is 0.173 e. The SMILES string of the molecule is NC(Cc1c(F)ccc(Br)c1F)c1ccoc1Br. The van der Waals surface area contributed by atoms with Gasteiger partial charge in [-0.2, -0.15) is 0 Å². The summed E-state index contributed by atoms with van der Waals surface area (Å²) in [6.45, 7) is 0. The molecule has 2 nitrogen and oxygen atoms in total. The van der Waals surface area contributed by atoms with E-state index in [1.807, 2.05) is 0 Å². The van der Waals surface area contributed by atoms with Gasteiger partial charge < -0.3 is 10.2 Å². The summed E-state index contributed by atoms with van der Waals surface area (Å²) < 4.78 is 33.1. The van der Waals surface area contributed by atoms with Crippen molar-refractivity contribution in [2.75, 3.05) is 0 Å². The fourth-order valence-corrected chi connectivity index (χ4v) is 2.56. The van der Waals surface area contributed by atoms with E-state index in [0.29, 0.717) is 10.2 Å². The van der Waals surface area contributed by atoms with Crippen LogP contribution in [0.4, 0.5) is 8.78 Å². The molecule has 0 amide bonds. The lowest BCUT2D eigenvalue weighted by Crippen LogP contribution is -2.15. The Morgan fingerprint density at radius 3 is 2.56 bits per heavy atom. The molecule has 0 spiro atoms. The summed E-state index contributed by atoms with van der Waals surface area (Å²) in [6, 6.07) is 3.66. The summed E-state index contributed by atoms with van der Waals surface area (Å²) in [7, 11) is 0. The predicted molar refractivity (Wildman–Crippen MR) is 71.1 cm³/mol. The van der Waals surface area contributed by atoms with Gasteiger partial charge in [-0.3, -0.25) is 0 Å². The third kappa shape index (κ3) is 2.65. The molecule has 1 atom stereocenters. The molecule has 96 valence electrons. The molecule has 2 N–H and O–H groups in total. The van der Waals surface area contributed by atoms with Crippen molar-refractivity contribution in [3.05, 3.63) is 56.4 Å². The van der Waals surface area contributed by atoms with Gasteiger partial charge in [-0.1, -0.05) is 0 Å². The van der Waals surface area contributed by atoms with Gasteiger partial charge in [0, 0.05) is 17.2 Å². The Bertz CT molecular complexity index is 571. The van der Waals surface area contributed by atoms with Gasteiger partial charge in [0.05, 0.1) is 10.7 Å². The van der Waals surface area contributed by atoms with Crippen molar-refractivity contribution in [2.45, 2.75) is 12.5 Å². The normalized spacial score (nSPS) is 12.7. The molecule has 0 saturated carbocycles. The summed E-state index contributed by atoms with van der Waals surface area (Å²) in [4.78, 5) is 0. The van der Waals surface area contributed by atoms with Crippen LogP contribution in [0, 0.1) is 11.6 Å². The Morgan fingerprint density at radius 1 is 1.22 bits per heavy atom. The Balaban J connectivity index is 2.30. The Kier molecular flexibility index (Phi) is 4.19. The number of hydrogen-bond acceptors (Lipinski definition) is 2. The molecular formula is C12H9Br2F2NO. The monoisotopic (exact) mass is 379 g/mol. The van der Waals surface area contributed by atoms with Crippen molar-refractivity contribution in [1.29, 1.82) is 0 Å². The molecular weight excluding hydrogens is 372 g/mol. The third-order valence-electron chi connectivity index (χ3n) is 2.61. The van der Waals surface area contributed by atoms with Crippen LogP contribution in [0.3, 0.4) is 0 Å². The number of hydrogen-bond donors (Lipinski definition) is 1. The summed E-state index contributed by atoms with van der Waals surface area (Å²) in [5.41, 5.74) is 6.56. The first-order valence-electron chi connectivity index (χ1n) is 5.11. The fourth-order valence-electron chi connectivity index (χ4n) is 1.66. The van der Waals surface area contributed by atoms with Crippen LogP contribution in [-0.2, 0) is 6.42 Å². The van der Waals surface area contributed by atoms with E-state index in [2.05, 4.69) is 31.9 Å². The number of halogens is 4. The summed E-state index contributed by atoms with van der Waals surface area (Å²) >= 11 is 6.21. The minimum absolute atomic E-state index is 0.0371. The molecule has 0 aliphatic carbocycles. The van der Waals surface area contributed by atoms with E-state index in [0.717, 1.165) is 0 Å². The fraction of sp³-hybridized carbons (Fsp3) is 0.167. The molecule has 0 saturated heterocycles. The van der Waals surface area contributed by atoms with Crippen molar-refractivity contribution in [2.24, 2.45) is 5.73 Å². The average Bonchev–Trinajstić information content (AvgIpc) is 2.76. The zero-order valence-corrected chi connectivity index (χ0v) is 12.3. The van der Waals surface area contributed by atoms with E-state index in [-0.39, 0.29) is 16.5 Å². The molecule has 1 unspecified atom stereocenters. The standard InChI is InChI=1S/C12H9Br2F2NO/c13-8-1-2-9(15)7(11(8)16)5-10(17)6-3-4-18-12(6)14/h1-4,10H,5,17H2. The molecule has 1 aromatic heterocycles. The molecule has 0 aliphatic rings. The van der Waals surface area contributed by atoms with Gasteiger partial charge in [0.1, 0.15) is 11.6 Å². The molecule has 1 aromatic carbocycles. The van der Waals surface area contributed by atoms with Crippen LogP contribution < -0.4 is 5.73 Å². The van der Waals surface area contributed by atoms with Crippen LogP contribution in [-0.4, -0.2) is 0 Å². The van der Waals surface area contributed by atoms with Gasteiger partial charge in [-0.05, 0) is 56.5 Å². The van der Waals surface area contributed by atoms with E-state index >= 15 is 0 Å². The van der Waals surface area contributed by atoms with Crippen LogP contribution in [0.15, 0.2) is 38.0 Å². The first-order valence-corrected chi connectivity index (χ1v) is 6.70. The average molecular weight is 381 g/mol. The minimum atomic E-state index is -0.620. The second-order valence-electron chi connectivity index (χ2n) is 3.78. The Hall–Kier alpha value is -0.720. The lowest BCUT2D eigenvalue weighted by Gasteiger charge is -2.12. The van der Waals surface area contributed by atoms with Crippen LogP contribution in [0.1, 0.15) is 17.2 Å². The third-order valence-corrected chi connectivity index (χ3v) is 3.87. The second-order valence-corrected chi connectivity index (χ2v) is 5.36. The van der Waals surface area contributed by atoms with Crippen molar-refractivity contribution < 1.29 is 13.2 Å². The largest absolute Gasteiger partial charge is 0.457 e.